The van der Waals surface area contributed by atoms with Crippen LogP contribution >= 0.6 is 0 Å². The highest BCUT2D eigenvalue weighted by molar-refractivity contribution is 5.74. The number of carbonyl (C=O) groups is 1. The van der Waals surface area contributed by atoms with E-state index in [1.807, 2.05) is 25.1 Å². The van der Waals surface area contributed by atoms with E-state index in [-0.39, 0.29) is 18.5 Å². The minimum Gasteiger partial charge on any atom is -0.336 e. The van der Waals surface area contributed by atoms with E-state index in [1.165, 1.54) is 0 Å². The largest absolute Gasteiger partial charge is 0.336 e. The molecule has 6 heteroatoms. The molecule has 0 fully saturated rings. The summed E-state index contributed by atoms with van der Waals surface area (Å²) in [7, 11) is 0. The van der Waals surface area contributed by atoms with E-state index in [0.717, 1.165) is 29.3 Å². The number of amides is 2. The lowest BCUT2D eigenvalue weighted by Gasteiger charge is -2.20. The van der Waals surface area contributed by atoms with Gasteiger partial charge in [0, 0.05) is 6.54 Å². The average molecular weight is 336 g/mol. The van der Waals surface area contributed by atoms with Gasteiger partial charge in [0.2, 0.25) is 0 Å². The van der Waals surface area contributed by atoms with Gasteiger partial charge in [0.05, 0.1) is 6.04 Å². The van der Waals surface area contributed by atoms with Crippen molar-refractivity contribution in [3.8, 4) is 0 Å². The molecule has 0 aliphatic rings. The van der Waals surface area contributed by atoms with Crippen molar-refractivity contribution in [3.05, 3.63) is 70.8 Å². The molecule has 0 heterocycles. The van der Waals surface area contributed by atoms with Crippen LogP contribution in [0.15, 0.2) is 42.5 Å². The predicted molar refractivity (Wildman–Crippen MR) is 86.5 cm³/mol. The molecule has 2 aromatic rings. The molecule has 0 aromatic heterocycles. The first kappa shape index (κ1) is 17.8. The standard InChI is InChI=1S/C18H19F3N2O/c1-12-3-2-4-13(9-12)17(23-18(24)22-8-7-19)11-14-10-15(20)5-6-16(14)21/h2-6,9-10,17H,7-8,11H2,1H3,(H2,22,23,24). The van der Waals surface area contributed by atoms with Crippen LogP contribution in [-0.2, 0) is 6.42 Å². The van der Waals surface area contributed by atoms with Crippen molar-refractivity contribution >= 4 is 6.03 Å². The second-order valence-corrected chi connectivity index (χ2v) is 5.50. The maximum absolute atomic E-state index is 13.9. The van der Waals surface area contributed by atoms with Crippen molar-refractivity contribution in [2.45, 2.75) is 19.4 Å². The molecule has 2 rings (SSSR count). The fourth-order valence-electron chi connectivity index (χ4n) is 2.43. The Morgan fingerprint density at radius 1 is 1.17 bits per heavy atom. The lowest BCUT2D eigenvalue weighted by atomic mass is 9.97. The van der Waals surface area contributed by atoms with Gasteiger partial charge in [0.25, 0.3) is 0 Å². The van der Waals surface area contributed by atoms with Crippen molar-refractivity contribution in [1.29, 1.82) is 0 Å². The molecule has 0 aliphatic heterocycles. The minimum absolute atomic E-state index is 0.0795. The summed E-state index contributed by atoms with van der Waals surface area (Å²) in [5.74, 6) is -1.09. The van der Waals surface area contributed by atoms with Gasteiger partial charge in [0.15, 0.2) is 0 Å². The van der Waals surface area contributed by atoms with Gasteiger partial charge >= 0.3 is 6.03 Å². The van der Waals surface area contributed by atoms with Crippen LogP contribution in [-0.4, -0.2) is 19.3 Å². The molecule has 1 atom stereocenters. The zero-order valence-corrected chi connectivity index (χ0v) is 13.3. The summed E-state index contributed by atoms with van der Waals surface area (Å²) in [6.07, 6.45) is 0.0795. The summed E-state index contributed by atoms with van der Waals surface area (Å²) in [5, 5.41) is 5.05. The number of nitrogens with one attached hydrogen (secondary N) is 2. The van der Waals surface area contributed by atoms with Crippen LogP contribution in [0.1, 0.15) is 22.7 Å². The second-order valence-electron chi connectivity index (χ2n) is 5.50. The van der Waals surface area contributed by atoms with Crippen molar-refractivity contribution in [2.24, 2.45) is 0 Å². The van der Waals surface area contributed by atoms with Gasteiger partial charge in [-0.2, -0.15) is 0 Å². The number of alkyl halides is 1. The Labute approximate surface area is 138 Å². The minimum atomic E-state index is -0.680. The zero-order valence-electron chi connectivity index (χ0n) is 13.3. The van der Waals surface area contributed by atoms with Crippen LogP contribution < -0.4 is 10.6 Å². The number of urea groups is 1. The first-order valence-electron chi connectivity index (χ1n) is 7.60. The molecular weight excluding hydrogens is 317 g/mol. The van der Waals surface area contributed by atoms with E-state index in [9.17, 15) is 18.0 Å². The van der Waals surface area contributed by atoms with Crippen molar-refractivity contribution in [1.82, 2.24) is 10.6 Å². The van der Waals surface area contributed by atoms with E-state index >= 15 is 0 Å². The summed E-state index contributed by atoms with van der Waals surface area (Å²) >= 11 is 0. The van der Waals surface area contributed by atoms with Crippen LogP contribution in [0.25, 0.3) is 0 Å². The molecule has 0 spiro atoms. The summed E-state index contributed by atoms with van der Waals surface area (Å²) in [6.45, 7) is 1.11. The second kappa shape index (κ2) is 8.38. The maximum atomic E-state index is 13.9. The third kappa shape index (κ3) is 5.01. The lowest BCUT2D eigenvalue weighted by molar-refractivity contribution is 0.235. The third-order valence-corrected chi connectivity index (χ3v) is 3.56. The van der Waals surface area contributed by atoms with Gasteiger partial charge in [-0.15, -0.1) is 0 Å². The topological polar surface area (TPSA) is 41.1 Å². The first-order valence-corrected chi connectivity index (χ1v) is 7.60. The number of hydrogen-bond acceptors (Lipinski definition) is 1. The molecule has 0 aliphatic carbocycles. The number of hydrogen-bond donors (Lipinski definition) is 2. The zero-order chi connectivity index (χ0) is 17.5. The van der Waals surface area contributed by atoms with E-state index < -0.39 is 30.4 Å². The van der Waals surface area contributed by atoms with Crippen LogP contribution in [0, 0.1) is 18.6 Å². The fourth-order valence-corrected chi connectivity index (χ4v) is 2.43. The van der Waals surface area contributed by atoms with E-state index in [0.29, 0.717) is 0 Å². The number of carbonyl (C=O) groups excluding carboxylic acids is 1. The number of halogens is 3. The van der Waals surface area contributed by atoms with E-state index in [1.54, 1.807) is 6.07 Å². The van der Waals surface area contributed by atoms with Crippen molar-refractivity contribution < 1.29 is 18.0 Å². The molecule has 3 nitrogen and oxygen atoms in total. The average Bonchev–Trinajstić information content (AvgIpc) is 2.55. The van der Waals surface area contributed by atoms with Crippen molar-refractivity contribution in [3.63, 3.8) is 0 Å². The Hall–Kier alpha value is -2.50. The number of benzene rings is 2. The molecule has 128 valence electrons. The predicted octanol–water partition coefficient (Wildman–Crippen LogP) is 3.83. The molecule has 0 saturated carbocycles. The van der Waals surface area contributed by atoms with Gasteiger partial charge in [-0.25, -0.2) is 18.0 Å². The molecule has 2 N–H and O–H groups in total. The molecule has 0 radical (unpaired) electrons. The van der Waals surface area contributed by atoms with Gasteiger partial charge in [-0.1, -0.05) is 29.8 Å². The van der Waals surface area contributed by atoms with Gasteiger partial charge < -0.3 is 10.6 Å². The molecule has 1 unspecified atom stereocenters. The van der Waals surface area contributed by atoms with Crippen molar-refractivity contribution in [2.75, 3.05) is 13.2 Å². The highest BCUT2D eigenvalue weighted by Gasteiger charge is 2.18. The summed E-state index contributed by atoms with van der Waals surface area (Å²) < 4.78 is 39.5. The summed E-state index contributed by atoms with van der Waals surface area (Å²) in [6, 6.07) is 9.45. The number of rotatable bonds is 6. The summed E-state index contributed by atoms with van der Waals surface area (Å²) in [4.78, 5) is 11.9. The van der Waals surface area contributed by atoms with E-state index in [4.69, 9.17) is 0 Å². The Morgan fingerprint density at radius 3 is 2.67 bits per heavy atom. The molecule has 2 aromatic carbocycles. The van der Waals surface area contributed by atoms with Gasteiger partial charge in [0.1, 0.15) is 18.3 Å². The first-order chi connectivity index (χ1) is 11.5. The number of aryl methyl sites for hydroxylation is 1. The van der Waals surface area contributed by atoms with Crippen LogP contribution in [0.5, 0.6) is 0 Å². The Balaban J connectivity index is 2.25. The molecule has 2 amide bonds. The molecule has 0 saturated heterocycles. The van der Waals surface area contributed by atoms with Gasteiger partial charge in [-0.05, 0) is 42.7 Å². The van der Waals surface area contributed by atoms with Crippen LogP contribution in [0.3, 0.4) is 0 Å². The smallest absolute Gasteiger partial charge is 0.315 e. The highest BCUT2D eigenvalue weighted by Crippen LogP contribution is 2.22. The van der Waals surface area contributed by atoms with E-state index in [2.05, 4.69) is 10.6 Å². The monoisotopic (exact) mass is 336 g/mol. The lowest BCUT2D eigenvalue weighted by Crippen LogP contribution is -2.39. The summed E-state index contributed by atoms with van der Waals surface area (Å²) in [5.41, 5.74) is 1.89. The van der Waals surface area contributed by atoms with Crippen LogP contribution in [0.2, 0.25) is 0 Å². The Morgan fingerprint density at radius 2 is 1.96 bits per heavy atom. The van der Waals surface area contributed by atoms with Gasteiger partial charge in [-0.3, -0.25) is 0 Å². The molecule has 24 heavy (non-hydrogen) atoms. The molecule has 0 bridgehead atoms. The Bertz CT molecular complexity index is 706. The maximum Gasteiger partial charge on any atom is 0.315 e. The fraction of sp³-hybridized carbons (Fsp3) is 0.278. The quantitative estimate of drug-likeness (QED) is 0.827. The normalized spacial score (nSPS) is 11.8. The highest BCUT2D eigenvalue weighted by atomic mass is 19.1. The SMILES string of the molecule is Cc1cccc(C(Cc2cc(F)ccc2F)NC(=O)NCCF)c1. The molecular formula is C18H19F3N2O. The van der Waals surface area contributed by atoms with Crippen LogP contribution in [0.4, 0.5) is 18.0 Å². The third-order valence-electron chi connectivity index (χ3n) is 3.56. The Kier molecular flexibility index (Phi) is 6.23.